The first-order valence-corrected chi connectivity index (χ1v) is 5.55. The van der Waals surface area contributed by atoms with Crippen LogP contribution in [-0.2, 0) is 0 Å². The van der Waals surface area contributed by atoms with Gasteiger partial charge in [-0.05, 0) is 24.5 Å². The third-order valence-electron chi connectivity index (χ3n) is 3.09. The Morgan fingerprint density at radius 3 is 2.88 bits per heavy atom. The van der Waals surface area contributed by atoms with Crippen LogP contribution >= 0.6 is 0 Å². The largest absolute Gasteiger partial charge is 0.371 e. The van der Waals surface area contributed by atoms with E-state index in [9.17, 15) is 10.1 Å². The Kier molecular flexibility index (Phi) is 2.96. The number of nitriles is 1. The average Bonchev–Trinajstić information content (AvgIpc) is 2.75. The lowest BCUT2D eigenvalue weighted by Crippen LogP contribution is -2.19. The first-order chi connectivity index (χ1) is 8.11. The van der Waals surface area contributed by atoms with Crippen molar-refractivity contribution in [1.29, 1.82) is 5.26 Å². The third kappa shape index (κ3) is 2.21. The van der Waals surface area contributed by atoms with Gasteiger partial charge in [0.15, 0.2) is 0 Å². The van der Waals surface area contributed by atoms with Gasteiger partial charge >= 0.3 is 0 Å². The summed E-state index contributed by atoms with van der Waals surface area (Å²) in [7, 11) is 0. The molecule has 1 heterocycles. The molecule has 1 fully saturated rings. The highest BCUT2D eigenvalue weighted by atomic mass is 16.6. The van der Waals surface area contributed by atoms with Crippen molar-refractivity contribution in [1.82, 2.24) is 0 Å². The number of hydrogen-bond acceptors (Lipinski definition) is 4. The van der Waals surface area contributed by atoms with Gasteiger partial charge < -0.3 is 4.90 Å². The maximum atomic E-state index is 10.8. The molecule has 1 atom stereocenters. The minimum absolute atomic E-state index is 0.107. The van der Waals surface area contributed by atoms with Crippen molar-refractivity contribution < 1.29 is 4.92 Å². The minimum atomic E-state index is -0.498. The van der Waals surface area contributed by atoms with Gasteiger partial charge in [0.1, 0.15) is 11.6 Å². The van der Waals surface area contributed by atoms with Gasteiger partial charge in [0.25, 0.3) is 5.69 Å². The number of hydrogen-bond donors (Lipinski definition) is 0. The molecule has 1 unspecified atom stereocenters. The van der Waals surface area contributed by atoms with E-state index >= 15 is 0 Å². The Balaban J connectivity index is 2.35. The van der Waals surface area contributed by atoms with Crippen molar-refractivity contribution >= 4 is 11.4 Å². The molecular formula is C12H13N3O2. The van der Waals surface area contributed by atoms with Crippen molar-refractivity contribution in [3.05, 3.63) is 33.9 Å². The molecule has 5 nitrogen and oxygen atoms in total. The van der Waals surface area contributed by atoms with E-state index in [4.69, 9.17) is 5.26 Å². The molecule has 1 aromatic carbocycles. The van der Waals surface area contributed by atoms with Gasteiger partial charge in [0, 0.05) is 24.8 Å². The van der Waals surface area contributed by atoms with E-state index in [0.29, 0.717) is 5.92 Å². The van der Waals surface area contributed by atoms with E-state index < -0.39 is 4.92 Å². The van der Waals surface area contributed by atoms with Crippen LogP contribution in [0.4, 0.5) is 11.4 Å². The summed E-state index contributed by atoms with van der Waals surface area (Å²) in [5.41, 5.74) is 0.843. The molecule has 0 saturated carbocycles. The number of benzene rings is 1. The van der Waals surface area contributed by atoms with Crippen LogP contribution in [0.5, 0.6) is 0 Å². The number of anilines is 1. The second-order valence-electron chi connectivity index (χ2n) is 4.41. The fraction of sp³-hybridized carbons (Fsp3) is 0.417. The number of nitrogens with zero attached hydrogens (tertiary/aromatic N) is 3. The standard InChI is InChI=1S/C12H13N3O2/c1-9-4-5-14(8-9)11-3-2-10(7-13)12(6-11)15(16)17/h2-3,6,9H,4-5,8H2,1H3. The SMILES string of the molecule is CC1CCN(c2ccc(C#N)c([N+](=O)[O-])c2)C1. The Morgan fingerprint density at radius 2 is 2.35 bits per heavy atom. The molecular weight excluding hydrogens is 218 g/mol. The van der Waals surface area contributed by atoms with Gasteiger partial charge in [-0.25, -0.2) is 0 Å². The smallest absolute Gasteiger partial charge is 0.289 e. The fourth-order valence-electron chi connectivity index (χ4n) is 2.13. The van der Waals surface area contributed by atoms with Crippen LogP contribution in [0.15, 0.2) is 18.2 Å². The molecule has 1 aliphatic rings. The van der Waals surface area contributed by atoms with Crippen molar-refractivity contribution in [3.63, 3.8) is 0 Å². The normalized spacial score (nSPS) is 19.1. The molecule has 0 spiro atoms. The van der Waals surface area contributed by atoms with E-state index in [-0.39, 0.29) is 11.3 Å². The lowest BCUT2D eigenvalue weighted by atomic mass is 10.1. The highest BCUT2D eigenvalue weighted by Crippen LogP contribution is 2.28. The van der Waals surface area contributed by atoms with Gasteiger partial charge in [0.05, 0.1) is 4.92 Å². The summed E-state index contributed by atoms with van der Waals surface area (Å²) >= 11 is 0. The average molecular weight is 231 g/mol. The number of nitro benzene ring substituents is 1. The predicted octanol–water partition coefficient (Wildman–Crippen LogP) is 2.31. The Bertz CT molecular complexity index is 493. The molecule has 0 aromatic heterocycles. The molecule has 2 rings (SSSR count). The van der Waals surface area contributed by atoms with E-state index in [1.54, 1.807) is 6.07 Å². The molecule has 1 aromatic rings. The first kappa shape index (κ1) is 11.4. The van der Waals surface area contributed by atoms with Crippen molar-refractivity contribution in [3.8, 4) is 6.07 Å². The fourth-order valence-corrected chi connectivity index (χ4v) is 2.13. The van der Waals surface area contributed by atoms with Crippen LogP contribution in [-0.4, -0.2) is 18.0 Å². The Labute approximate surface area is 99.4 Å². The summed E-state index contributed by atoms with van der Waals surface area (Å²) in [6.07, 6.45) is 1.10. The molecule has 1 saturated heterocycles. The van der Waals surface area contributed by atoms with Crippen LogP contribution < -0.4 is 4.90 Å². The summed E-state index contributed by atoms with van der Waals surface area (Å²) in [4.78, 5) is 12.5. The molecule has 0 radical (unpaired) electrons. The van der Waals surface area contributed by atoms with Crippen molar-refractivity contribution in [2.24, 2.45) is 5.92 Å². The summed E-state index contributed by atoms with van der Waals surface area (Å²) in [5.74, 6) is 0.615. The van der Waals surface area contributed by atoms with Gasteiger partial charge in [-0.15, -0.1) is 0 Å². The predicted molar refractivity (Wildman–Crippen MR) is 63.8 cm³/mol. The zero-order valence-electron chi connectivity index (χ0n) is 9.59. The maximum absolute atomic E-state index is 10.8. The van der Waals surface area contributed by atoms with Gasteiger partial charge in [-0.1, -0.05) is 6.92 Å². The van der Waals surface area contributed by atoms with Crippen LogP contribution in [0.2, 0.25) is 0 Å². The number of nitro groups is 1. The first-order valence-electron chi connectivity index (χ1n) is 5.55. The van der Waals surface area contributed by atoms with Gasteiger partial charge in [0.2, 0.25) is 0 Å². The molecule has 88 valence electrons. The quantitative estimate of drug-likeness (QED) is 0.578. The Morgan fingerprint density at radius 1 is 1.59 bits per heavy atom. The van der Waals surface area contributed by atoms with E-state index in [1.807, 2.05) is 6.07 Å². The zero-order chi connectivity index (χ0) is 12.4. The summed E-state index contributed by atoms with van der Waals surface area (Å²) in [5, 5.41) is 19.6. The lowest BCUT2D eigenvalue weighted by molar-refractivity contribution is -0.385. The third-order valence-corrected chi connectivity index (χ3v) is 3.09. The molecule has 0 amide bonds. The van der Waals surface area contributed by atoms with E-state index in [2.05, 4.69) is 11.8 Å². The summed E-state index contributed by atoms with van der Waals surface area (Å²) in [6, 6.07) is 6.65. The van der Waals surface area contributed by atoms with Crippen LogP contribution in [0.25, 0.3) is 0 Å². The molecule has 0 bridgehead atoms. The summed E-state index contributed by atoms with van der Waals surface area (Å²) < 4.78 is 0. The molecule has 0 aliphatic carbocycles. The highest BCUT2D eigenvalue weighted by Gasteiger charge is 2.22. The zero-order valence-corrected chi connectivity index (χ0v) is 9.59. The second kappa shape index (κ2) is 4.42. The van der Waals surface area contributed by atoms with Crippen LogP contribution in [0.1, 0.15) is 18.9 Å². The minimum Gasteiger partial charge on any atom is -0.371 e. The number of rotatable bonds is 2. The molecule has 17 heavy (non-hydrogen) atoms. The van der Waals surface area contributed by atoms with E-state index in [0.717, 1.165) is 25.2 Å². The molecule has 5 heteroatoms. The summed E-state index contributed by atoms with van der Waals surface area (Å²) in [6.45, 7) is 4.01. The maximum Gasteiger partial charge on any atom is 0.289 e. The highest BCUT2D eigenvalue weighted by molar-refractivity contribution is 5.60. The van der Waals surface area contributed by atoms with Gasteiger partial charge in [-0.2, -0.15) is 5.26 Å². The van der Waals surface area contributed by atoms with Crippen molar-refractivity contribution in [2.45, 2.75) is 13.3 Å². The molecule has 1 aliphatic heterocycles. The molecule has 0 N–H and O–H groups in total. The van der Waals surface area contributed by atoms with Crippen molar-refractivity contribution in [2.75, 3.05) is 18.0 Å². The second-order valence-corrected chi connectivity index (χ2v) is 4.41. The van der Waals surface area contributed by atoms with Crippen LogP contribution in [0, 0.1) is 27.4 Å². The lowest BCUT2D eigenvalue weighted by Gasteiger charge is -2.17. The topological polar surface area (TPSA) is 70.2 Å². The Hall–Kier alpha value is -2.09. The van der Waals surface area contributed by atoms with Gasteiger partial charge in [-0.3, -0.25) is 10.1 Å². The van der Waals surface area contributed by atoms with E-state index in [1.165, 1.54) is 12.1 Å². The van der Waals surface area contributed by atoms with Crippen LogP contribution in [0.3, 0.4) is 0 Å². The monoisotopic (exact) mass is 231 g/mol.